The molecule has 1 N–H and O–H groups in total. The molecular weight excluding hydrogens is 371 g/mol. The van der Waals surface area contributed by atoms with Gasteiger partial charge >= 0.3 is 0 Å². The first-order chi connectivity index (χ1) is 12.9. The number of nitrogens with zero attached hydrogens (tertiary/aromatic N) is 3. The first-order valence-electron chi connectivity index (χ1n) is 8.11. The van der Waals surface area contributed by atoms with E-state index in [4.69, 9.17) is 0 Å². The van der Waals surface area contributed by atoms with Crippen LogP contribution in [0, 0.1) is 12.7 Å². The van der Waals surface area contributed by atoms with Crippen molar-refractivity contribution in [1.29, 1.82) is 0 Å². The number of hydrogen-bond acceptors (Lipinski definition) is 5. The maximum atomic E-state index is 13.4. The molecule has 0 saturated carbocycles. The van der Waals surface area contributed by atoms with Gasteiger partial charge in [-0.05, 0) is 24.6 Å². The van der Waals surface area contributed by atoms with Crippen LogP contribution in [0.2, 0.25) is 0 Å². The summed E-state index contributed by atoms with van der Waals surface area (Å²) in [6, 6.07) is 4.05. The zero-order valence-electron chi connectivity index (χ0n) is 14.6. The third kappa shape index (κ3) is 3.92. The summed E-state index contributed by atoms with van der Waals surface area (Å²) in [5.74, 6) is -0.994. The third-order valence-electron chi connectivity index (χ3n) is 3.99. The number of halogens is 1. The maximum Gasteiger partial charge on any atom is 0.292 e. The number of anilines is 2. The number of benzene rings is 1. The molecule has 27 heavy (non-hydrogen) atoms. The molecule has 9 heteroatoms. The van der Waals surface area contributed by atoms with Gasteiger partial charge in [-0.1, -0.05) is 12.1 Å². The number of aromatic nitrogens is 2. The van der Waals surface area contributed by atoms with Crippen LogP contribution in [0.25, 0.3) is 0 Å². The number of fused-ring (bicyclic) bond motifs is 1. The van der Waals surface area contributed by atoms with Crippen molar-refractivity contribution in [2.24, 2.45) is 0 Å². The molecule has 0 spiro atoms. The van der Waals surface area contributed by atoms with E-state index in [-0.39, 0.29) is 30.4 Å². The van der Waals surface area contributed by atoms with E-state index < -0.39 is 17.3 Å². The van der Waals surface area contributed by atoms with E-state index in [1.54, 1.807) is 13.0 Å². The molecule has 1 aliphatic rings. The smallest absolute Gasteiger partial charge is 0.292 e. The number of carbonyl (C=O) groups excluding carboxylic acids is 2. The molecule has 3 rings (SSSR count). The second-order valence-corrected chi connectivity index (χ2v) is 6.93. The molecule has 1 aromatic heterocycles. The largest absolute Gasteiger partial charge is 0.324 e. The van der Waals surface area contributed by atoms with Crippen molar-refractivity contribution in [2.75, 3.05) is 22.5 Å². The lowest BCUT2D eigenvalue weighted by Crippen LogP contribution is -2.42. The number of hydrogen-bond donors (Lipinski definition) is 1. The van der Waals surface area contributed by atoms with Crippen molar-refractivity contribution in [2.45, 2.75) is 18.4 Å². The number of nitrogens with one attached hydrogen (secondary N) is 1. The lowest BCUT2D eigenvalue weighted by molar-refractivity contribution is -0.117. The van der Waals surface area contributed by atoms with Crippen LogP contribution in [-0.2, 0) is 16.1 Å². The summed E-state index contributed by atoms with van der Waals surface area (Å²) in [6.45, 7) is 5.17. The van der Waals surface area contributed by atoms with Gasteiger partial charge in [0.15, 0.2) is 0 Å². The van der Waals surface area contributed by atoms with E-state index in [1.165, 1.54) is 41.1 Å². The Morgan fingerprint density at radius 3 is 2.96 bits per heavy atom. The van der Waals surface area contributed by atoms with Crippen molar-refractivity contribution in [1.82, 2.24) is 9.78 Å². The van der Waals surface area contributed by atoms with Gasteiger partial charge in [-0.3, -0.25) is 14.4 Å². The molecule has 2 amide bonds. The van der Waals surface area contributed by atoms with Crippen LogP contribution in [0.1, 0.15) is 5.56 Å². The van der Waals surface area contributed by atoms with Gasteiger partial charge in [-0.25, -0.2) is 9.07 Å². The number of aryl methyl sites for hydroxylation is 1. The summed E-state index contributed by atoms with van der Waals surface area (Å²) in [7, 11) is 0. The van der Waals surface area contributed by atoms with Crippen molar-refractivity contribution >= 4 is 35.0 Å². The van der Waals surface area contributed by atoms with Crippen molar-refractivity contribution in [3.8, 4) is 0 Å². The standard InChI is InChI=1S/C18H17FN4O3S/c1-3-6-22-16(25)10-27-14-8-20-23(18(26)17(14)22)9-15(24)21-13-7-12(19)5-4-11(13)2/h3-5,7-8H,1,6,9-10H2,2H3,(H,21,24). The molecule has 0 aliphatic carbocycles. The monoisotopic (exact) mass is 388 g/mol. The molecule has 7 nitrogen and oxygen atoms in total. The Labute approximate surface area is 158 Å². The number of amides is 2. The lowest BCUT2D eigenvalue weighted by atomic mass is 10.2. The Bertz CT molecular complexity index is 989. The van der Waals surface area contributed by atoms with Gasteiger partial charge in [0.2, 0.25) is 11.8 Å². The highest BCUT2D eigenvalue weighted by Crippen LogP contribution is 2.31. The Kier molecular flexibility index (Phi) is 5.41. The molecule has 0 atom stereocenters. The number of rotatable bonds is 5. The second-order valence-electron chi connectivity index (χ2n) is 5.91. The summed E-state index contributed by atoms with van der Waals surface area (Å²) < 4.78 is 14.3. The first-order valence-corrected chi connectivity index (χ1v) is 9.09. The minimum Gasteiger partial charge on any atom is -0.324 e. The van der Waals surface area contributed by atoms with Gasteiger partial charge in [-0.15, -0.1) is 18.3 Å². The highest BCUT2D eigenvalue weighted by atomic mass is 32.2. The maximum absolute atomic E-state index is 13.4. The van der Waals surface area contributed by atoms with Crippen molar-refractivity contribution < 1.29 is 14.0 Å². The molecule has 0 fully saturated rings. The second kappa shape index (κ2) is 7.75. The third-order valence-corrected chi connectivity index (χ3v) is 4.99. The SMILES string of the molecule is C=CCN1C(=O)CSc2cnn(CC(=O)Nc3cc(F)ccc3C)c(=O)c21. The molecule has 1 aliphatic heterocycles. The van der Waals surface area contributed by atoms with Crippen LogP contribution >= 0.6 is 11.8 Å². The van der Waals surface area contributed by atoms with Crippen LogP contribution in [-0.4, -0.2) is 33.9 Å². The first kappa shape index (κ1) is 18.8. The minimum atomic E-state index is -0.541. The zero-order chi connectivity index (χ0) is 19.6. The molecule has 140 valence electrons. The topological polar surface area (TPSA) is 84.3 Å². The van der Waals surface area contributed by atoms with Crippen LogP contribution in [0.4, 0.5) is 15.8 Å². The fourth-order valence-corrected chi connectivity index (χ4v) is 3.54. The van der Waals surface area contributed by atoms with E-state index in [1.807, 2.05) is 0 Å². The molecule has 0 radical (unpaired) electrons. The fraction of sp³-hybridized carbons (Fsp3) is 0.222. The average molecular weight is 388 g/mol. The van der Waals surface area contributed by atoms with Gasteiger partial charge in [-0.2, -0.15) is 5.10 Å². The van der Waals surface area contributed by atoms with Gasteiger partial charge in [0.05, 0.1) is 16.8 Å². The summed E-state index contributed by atoms with van der Waals surface area (Å²) >= 11 is 1.23. The molecule has 1 aromatic carbocycles. The average Bonchev–Trinajstić information content (AvgIpc) is 2.63. The van der Waals surface area contributed by atoms with Gasteiger partial charge in [0.25, 0.3) is 5.56 Å². The van der Waals surface area contributed by atoms with E-state index in [0.717, 1.165) is 4.68 Å². The lowest BCUT2D eigenvalue weighted by Gasteiger charge is -2.27. The molecule has 2 heterocycles. The summed E-state index contributed by atoms with van der Waals surface area (Å²) in [5.41, 5.74) is 0.668. The molecule has 0 saturated heterocycles. The van der Waals surface area contributed by atoms with Crippen LogP contribution < -0.4 is 15.8 Å². The Hall–Kier alpha value is -2.94. The van der Waals surface area contributed by atoms with Gasteiger partial charge < -0.3 is 10.2 Å². The van der Waals surface area contributed by atoms with Gasteiger partial charge in [0, 0.05) is 12.2 Å². The molecule has 0 bridgehead atoms. The predicted molar refractivity (Wildman–Crippen MR) is 102 cm³/mol. The quantitative estimate of drug-likeness (QED) is 0.792. The Balaban J connectivity index is 1.87. The Morgan fingerprint density at radius 1 is 1.44 bits per heavy atom. The summed E-state index contributed by atoms with van der Waals surface area (Å²) in [4.78, 5) is 39.1. The normalized spacial score (nSPS) is 13.3. The molecule has 0 unspecified atom stereocenters. The van der Waals surface area contributed by atoms with Crippen molar-refractivity contribution in [3.63, 3.8) is 0 Å². The molecule has 2 aromatic rings. The molecular formula is C18H17FN4O3S. The van der Waals surface area contributed by atoms with E-state index >= 15 is 0 Å². The number of carbonyl (C=O) groups is 2. The Morgan fingerprint density at radius 2 is 2.22 bits per heavy atom. The van der Waals surface area contributed by atoms with Crippen molar-refractivity contribution in [3.05, 3.63) is 58.8 Å². The minimum absolute atomic E-state index is 0.195. The van der Waals surface area contributed by atoms with E-state index in [2.05, 4.69) is 17.0 Å². The highest BCUT2D eigenvalue weighted by Gasteiger charge is 2.28. The van der Waals surface area contributed by atoms with Crippen LogP contribution in [0.15, 0.2) is 46.7 Å². The zero-order valence-corrected chi connectivity index (χ0v) is 15.4. The van der Waals surface area contributed by atoms with E-state index in [0.29, 0.717) is 16.1 Å². The number of thioether (sulfide) groups is 1. The highest BCUT2D eigenvalue weighted by molar-refractivity contribution is 8.00. The summed E-state index contributed by atoms with van der Waals surface area (Å²) in [6.07, 6.45) is 2.99. The van der Waals surface area contributed by atoms with Crippen LogP contribution in [0.5, 0.6) is 0 Å². The summed E-state index contributed by atoms with van der Waals surface area (Å²) in [5, 5.41) is 6.59. The predicted octanol–water partition coefficient (Wildman–Crippen LogP) is 1.95. The van der Waals surface area contributed by atoms with Gasteiger partial charge in [0.1, 0.15) is 18.0 Å². The van der Waals surface area contributed by atoms with E-state index in [9.17, 15) is 18.8 Å². The fourth-order valence-electron chi connectivity index (χ4n) is 2.65. The van der Waals surface area contributed by atoms with Crippen LogP contribution in [0.3, 0.4) is 0 Å².